The van der Waals surface area contributed by atoms with Crippen LogP contribution < -0.4 is 11.5 Å². The first-order chi connectivity index (χ1) is 15.9. The summed E-state index contributed by atoms with van der Waals surface area (Å²) in [6.07, 6.45) is 2.78. The minimum atomic E-state index is -2.40. The summed E-state index contributed by atoms with van der Waals surface area (Å²) in [6, 6.07) is 27.3. The van der Waals surface area contributed by atoms with Crippen LogP contribution in [-0.2, 0) is 24.8 Å². The molecule has 0 bridgehead atoms. The van der Waals surface area contributed by atoms with Gasteiger partial charge in [0, 0.05) is 0 Å². The Kier molecular flexibility index (Phi) is 7.24. The summed E-state index contributed by atoms with van der Waals surface area (Å²) in [7, 11) is 0. The summed E-state index contributed by atoms with van der Waals surface area (Å²) < 4.78 is 10.7. The first-order valence-electron chi connectivity index (χ1n) is 9.91. The molecule has 0 heterocycles. The highest BCUT2D eigenvalue weighted by molar-refractivity contribution is 5.94. The van der Waals surface area contributed by atoms with Gasteiger partial charge in [0.25, 0.3) is 0 Å². The summed E-state index contributed by atoms with van der Waals surface area (Å²) >= 11 is 0. The molecule has 0 radical (unpaired) electrons. The van der Waals surface area contributed by atoms with Gasteiger partial charge in [-0.3, -0.25) is 0 Å². The summed E-state index contributed by atoms with van der Waals surface area (Å²) in [4.78, 5) is 25.5. The minimum absolute atomic E-state index is 0.120. The number of rotatable bonds is 7. The second-order valence-electron chi connectivity index (χ2n) is 6.89. The van der Waals surface area contributed by atoms with Crippen molar-refractivity contribution >= 4 is 24.1 Å². The molecule has 7 nitrogen and oxygen atoms in total. The fourth-order valence-corrected chi connectivity index (χ4v) is 2.86. The fraction of sp³-hybridized carbons (Fsp3) is 0.0385. The van der Waals surface area contributed by atoms with E-state index in [4.69, 9.17) is 20.9 Å². The van der Waals surface area contributed by atoms with Gasteiger partial charge in [-0.25, -0.2) is 9.59 Å². The predicted octanol–water partition coefficient (Wildman–Crippen LogP) is 3.45. The van der Waals surface area contributed by atoms with Gasteiger partial charge >= 0.3 is 17.7 Å². The number of hydrogen-bond acceptors (Lipinski definition) is 7. The Labute approximate surface area is 191 Å². The second-order valence-corrected chi connectivity index (χ2v) is 6.89. The van der Waals surface area contributed by atoms with E-state index in [1.54, 1.807) is 72.8 Å². The first-order valence-corrected chi connectivity index (χ1v) is 9.91. The van der Waals surface area contributed by atoms with E-state index in [0.717, 1.165) is 0 Å². The van der Waals surface area contributed by atoms with Gasteiger partial charge in [0.2, 0.25) is 0 Å². The average Bonchev–Trinajstić information content (AvgIpc) is 2.85. The normalized spacial score (nSPS) is 13.3. The third kappa shape index (κ3) is 5.87. The van der Waals surface area contributed by atoms with E-state index in [-0.39, 0.29) is 17.0 Å². The van der Waals surface area contributed by atoms with Crippen molar-refractivity contribution in [3.8, 4) is 6.07 Å². The van der Waals surface area contributed by atoms with E-state index in [1.807, 2.05) is 12.1 Å². The molecule has 0 aromatic heterocycles. The Morgan fingerprint density at radius 1 is 0.697 bits per heavy atom. The Balaban J connectivity index is 1.91. The number of carbonyl (C=O) groups excluding carboxylic acids is 2. The molecular formula is C26H21N3O4. The molecule has 0 spiro atoms. The highest BCUT2D eigenvalue weighted by Crippen LogP contribution is 2.29. The van der Waals surface area contributed by atoms with Gasteiger partial charge in [-0.1, -0.05) is 91.0 Å². The van der Waals surface area contributed by atoms with E-state index in [0.29, 0.717) is 11.1 Å². The van der Waals surface area contributed by atoms with Crippen molar-refractivity contribution in [3.05, 3.63) is 119 Å². The standard InChI is InChI=1S/C26H21N3O4/c27-18-26(21-14-8-3-9-15-21,32-24(30)22(28)16-19-10-4-1-5-11-19)33-25(31)23(29)17-20-12-6-2-7-13-20/h1-17H,28-29H2. The quantitative estimate of drug-likeness (QED) is 0.328. The Hall–Kier alpha value is -4.83. The van der Waals surface area contributed by atoms with Crippen LogP contribution in [0.3, 0.4) is 0 Å². The van der Waals surface area contributed by atoms with Crippen LogP contribution >= 0.6 is 0 Å². The lowest BCUT2D eigenvalue weighted by atomic mass is 10.1. The van der Waals surface area contributed by atoms with Crippen LogP contribution in [0.5, 0.6) is 0 Å². The van der Waals surface area contributed by atoms with Gasteiger partial charge in [0.05, 0.1) is 5.56 Å². The van der Waals surface area contributed by atoms with Gasteiger partial charge < -0.3 is 20.9 Å². The molecule has 0 saturated heterocycles. The number of hydrogen-bond donors (Lipinski definition) is 2. The number of nitriles is 1. The molecule has 0 saturated carbocycles. The summed E-state index contributed by atoms with van der Waals surface area (Å²) in [5, 5.41) is 9.95. The summed E-state index contributed by atoms with van der Waals surface area (Å²) in [5.41, 5.74) is 12.6. The number of nitrogens with zero attached hydrogens (tertiary/aromatic N) is 1. The van der Waals surface area contributed by atoms with Crippen molar-refractivity contribution < 1.29 is 19.1 Å². The van der Waals surface area contributed by atoms with Crippen molar-refractivity contribution in [2.75, 3.05) is 0 Å². The van der Waals surface area contributed by atoms with Gasteiger partial charge in [-0.05, 0) is 23.3 Å². The number of carbonyl (C=O) groups is 2. The van der Waals surface area contributed by atoms with Crippen molar-refractivity contribution in [3.63, 3.8) is 0 Å². The van der Waals surface area contributed by atoms with Crippen LogP contribution in [0.25, 0.3) is 12.2 Å². The lowest BCUT2D eigenvalue weighted by molar-refractivity contribution is -0.208. The number of benzene rings is 3. The van der Waals surface area contributed by atoms with Crippen LogP contribution in [0.1, 0.15) is 16.7 Å². The Morgan fingerprint density at radius 3 is 1.42 bits per heavy atom. The van der Waals surface area contributed by atoms with Crippen LogP contribution in [0.2, 0.25) is 0 Å². The topological polar surface area (TPSA) is 128 Å². The van der Waals surface area contributed by atoms with Crippen molar-refractivity contribution in [1.29, 1.82) is 5.26 Å². The molecule has 4 N–H and O–H groups in total. The molecule has 0 aliphatic carbocycles. The summed E-state index contributed by atoms with van der Waals surface area (Å²) in [6.45, 7) is 0. The highest BCUT2D eigenvalue weighted by Gasteiger charge is 2.42. The molecule has 0 amide bonds. The molecule has 33 heavy (non-hydrogen) atoms. The molecule has 164 valence electrons. The smallest absolute Gasteiger partial charge is 0.374 e. The minimum Gasteiger partial charge on any atom is -0.400 e. The lowest BCUT2D eigenvalue weighted by Crippen LogP contribution is -2.38. The largest absolute Gasteiger partial charge is 0.400 e. The number of esters is 2. The fourth-order valence-electron chi connectivity index (χ4n) is 2.86. The van der Waals surface area contributed by atoms with Gasteiger partial charge in [0.1, 0.15) is 11.4 Å². The number of ether oxygens (including phenoxy) is 2. The maximum absolute atomic E-state index is 12.7. The van der Waals surface area contributed by atoms with Crippen molar-refractivity contribution in [2.45, 2.75) is 5.79 Å². The van der Waals surface area contributed by atoms with Gasteiger partial charge in [0.15, 0.2) is 6.07 Å². The third-order valence-electron chi connectivity index (χ3n) is 4.49. The predicted molar refractivity (Wildman–Crippen MR) is 123 cm³/mol. The lowest BCUT2D eigenvalue weighted by Gasteiger charge is -2.26. The van der Waals surface area contributed by atoms with E-state index in [2.05, 4.69) is 0 Å². The SMILES string of the molecule is N#CC(OC(=O)C(N)=Cc1ccccc1)(OC(=O)C(N)=Cc1ccccc1)c1ccccc1. The molecule has 3 aromatic carbocycles. The molecule has 7 heteroatoms. The van der Waals surface area contributed by atoms with Crippen LogP contribution in [0, 0.1) is 11.3 Å². The Bertz CT molecular complexity index is 1150. The van der Waals surface area contributed by atoms with Gasteiger partial charge in [-0.15, -0.1) is 0 Å². The molecular weight excluding hydrogens is 418 g/mol. The van der Waals surface area contributed by atoms with Crippen LogP contribution in [0.15, 0.2) is 102 Å². The zero-order chi connectivity index (χ0) is 23.7. The third-order valence-corrected chi connectivity index (χ3v) is 4.49. The van der Waals surface area contributed by atoms with E-state index >= 15 is 0 Å². The van der Waals surface area contributed by atoms with Crippen LogP contribution in [-0.4, -0.2) is 11.9 Å². The molecule has 3 aromatic rings. The maximum Gasteiger partial charge on any atom is 0.374 e. The highest BCUT2D eigenvalue weighted by atomic mass is 16.7. The van der Waals surface area contributed by atoms with E-state index in [9.17, 15) is 14.9 Å². The monoisotopic (exact) mass is 439 g/mol. The Morgan fingerprint density at radius 2 is 1.06 bits per heavy atom. The van der Waals surface area contributed by atoms with Crippen molar-refractivity contribution in [1.82, 2.24) is 0 Å². The van der Waals surface area contributed by atoms with E-state index < -0.39 is 17.7 Å². The second kappa shape index (κ2) is 10.5. The zero-order valence-corrected chi connectivity index (χ0v) is 17.5. The van der Waals surface area contributed by atoms with Crippen molar-refractivity contribution in [2.24, 2.45) is 11.5 Å². The molecule has 0 fully saturated rings. The summed E-state index contributed by atoms with van der Waals surface area (Å²) in [5.74, 6) is -4.48. The number of nitrogens with two attached hydrogens (primary N) is 2. The first kappa shape index (κ1) is 22.8. The average molecular weight is 439 g/mol. The molecule has 0 unspecified atom stereocenters. The van der Waals surface area contributed by atoms with Gasteiger partial charge in [-0.2, -0.15) is 5.26 Å². The molecule has 0 aliphatic rings. The van der Waals surface area contributed by atoms with E-state index in [1.165, 1.54) is 24.3 Å². The molecule has 3 rings (SSSR count). The zero-order valence-electron chi connectivity index (χ0n) is 17.5. The molecule has 0 atom stereocenters. The molecule has 0 aliphatic heterocycles. The maximum atomic E-state index is 12.7. The van der Waals surface area contributed by atoms with Crippen LogP contribution in [0.4, 0.5) is 0 Å².